The van der Waals surface area contributed by atoms with E-state index in [2.05, 4.69) is 16.8 Å². The molecule has 2 aliphatic rings. The zero-order valence-electron chi connectivity index (χ0n) is 25.1. The minimum Gasteiger partial charge on any atom is -0.507 e. The standard InChI is InChI=1S/C34H30FN3O6S2/c1-4-14-43-26-13-10-20(17-27(26)42-5-2)29-28(30(39)21-11-12-25-23(16-21)15-19(3)44-25)31(40)32(41)38(29)33-36-37-34(46-33)45-18-22-8-6-7-9-24(22)35/h4,6-13,16-17,19,29,39H,1,5,14-15,18H2,2-3H3/t19-,29-/m1/s1. The van der Waals surface area contributed by atoms with E-state index in [4.69, 9.17) is 14.2 Å². The number of fused-ring (bicyclic) bond motifs is 1. The van der Waals surface area contributed by atoms with Gasteiger partial charge >= 0.3 is 5.91 Å². The van der Waals surface area contributed by atoms with Gasteiger partial charge in [0.25, 0.3) is 5.78 Å². The van der Waals surface area contributed by atoms with Gasteiger partial charge in [-0.15, -0.1) is 10.2 Å². The van der Waals surface area contributed by atoms with Crippen LogP contribution in [-0.2, 0) is 21.8 Å². The summed E-state index contributed by atoms with van der Waals surface area (Å²) in [6.07, 6.45) is 2.24. The Labute approximate surface area is 273 Å². The maximum Gasteiger partial charge on any atom is 0.301 e. The minimum atomic E-state index is -1.06. The Kier molecular flexibility index (Phi) is 9.09. The molecule has 3 heterocycles. The molecule has 9 nitrogen and oxygen atoms in total. The van der Waals surface area contributed by atoms with Gasteiger partial charge < -0.3 is 19.3 Å². The lowest BCUT2D eigenvalue weighted by Gasteiger charge is -2.23. The van der Waals surface area contributed by atoms with Crippen LogP contribution in [0.2, 0.25) is 0 Å². The van der Waals surface area contributed by atoms with E-state index in [0.29, 0.717) is 57.1 Å². The number of rotatable bonds is 11. The molecule has 236 valence electrons. The van der Waals surface area contributed by atoms with Gasteiger partial charge in [-0.25, -0.2) is 4.39 Å². The summed E-state index contributed by atoms with van der Waals surface area (Å²) in [4.78, 5) is 28.7. The topological polar surface area (TPSA) is 111 Å². The number of Topliss-reactive ketones (excluding diaryl/α,β-unsaturated/α-hetero) is 1. The molecule has 46 heavy (non-hydrogen) atoms. The summed E-state index contributed by atoms with van der Waals surface area (Å²) in [6.45, 7) is 8.06. The molecule has 1 aromatic heterocycles. The molecule has 12 heteroatoms. The summed E-state index contributed by atoms with van der Waals surface area (Å²) in [5, 5.41) is 20.3. The van der Waals surface area contributed by atoms with E-state index in [-0.39, 0.29) is 35.0 Å². The maximum atomic E-state index is 14.2. The van der Waals surface area contributed by atoms with Crippen LogP contribution in [0.25, 0.3) is 5.76 Å². The molecule has 1 N–H and O–H groups in total. The average molecular weight is 660 g/mol. The third kappa shape index (κ3) is 6.10. The van der Waals surface area contributed by atoms with E-state index in [1.165, 1.54) is 22.7 Å². The first-order valence-electron chi connectivity index (χ1n) is 14.6. The summed E-state index contributed by atoms with van der Waals surface area (Å²) in [7, 11) is 0. The molecule has 0 unspecified atom stereocenters. The Morgan fingerprint density at radius 3 is 2.76 bits per heavy atom. The first-order chi connectivity index (χ1) is 22.3. The van der Waals surface area contributed by atoms with Crippen LogP contribution in [0.1, 0.15) is 42.1 Å². The number of carbonyl (C=O) groups excluding carboxylic acids is 2. The Bertz CT molecular complexity index is 1860. The second kappa shape index (κ2) is 13.4. The largest absolute Gasteiger partial charge is 0.507 e. The molecule has 4 aromatic rings. The van der Waals surface area contributed by atoms with Gasteiger partial charge in [0, 0.05) is 17.7 Å². The van der Waals surface area contributed by atoms with Gasteiger partial charge in [0.05, 0.1) is 18.2 Å². The molecule has 1 saturated heterocycles. The van der Waals surface area contributed by atoms with E-state index in [1.54, 1.807) is 60.7 Å². The summed E-state index contributed by atoms with van der Waals surface area (Å²) >= 11 is 2.36. The lowest BCUT2D eigenvalue weighted by molar-refractivity contribution is -0.132. The van der Waals surface area contributed by atoms with E-state index in [9.17, 15) is 19.1 Å². The predicted molar refractivity (Wildman–Crippen MR) is 174 cm³/mol. The van der Waals surface area contributed by atoms with Gasteiger partial charge in [0.15, 0.2) is 15.8 Å². The van der Waals surface area contributed by atoms with Crippen LogP contribution in [0.15, 0.2) is 83.2 Å². The predicted octanol–water partition coefficient (Wildman–Crippen LogP) is 6.88. The second-order valence-electron chi connectivity index (χ2n) is 10.6. The number of aromatic nitrogens is 2. The number of hydrogen-bond donors (Lipinski definition) is 1. The summed E-state index contributed by atoms with van der Waals surface area (Å²) in [5.74, 6) is -0.516. The van der Waals surface area contributed by atoms with Crippen molar-refractivity contribution < 1.29 is 33.3 Å². The summed E-state index contributed by atoms with van der Waals surface area (Å²) in [6, 6.07) is 15.7. The Morgan fingerprint density at radius 2 is 1.98 bits per heavy atom. The van der Waals surface area contributed by atoms with E-state index < -0.39 is 17.7 Å². The van der Waals surface area contributed by atoms with Crippen molar-refractivity contribution in [1.29, 1.82) is 0 Å². The van der Waals surface area contributed by atoms with Gasteiger partial charge in [-0.2, -0.15) is 0 Å². The highest BCUT2D eigenvalue weighted by molar-refractivity contribution is 8.00. The van der Waals surface area contributed by atoms with Gasteiger partial charge in [0.1, 0.15) is 30.0 Å². The third-order valence-corrected chi connectivity index (χ3v) is 9.57. The van der Waals surface area contributed by atoms with E-state index in [1.807, 2.05) is 13.8 Å². The number of aliphatic hydroxyl groups is 1. The number of halogens is 1. The first-order valence-corrected chi connectivity index (χ1v) is 16.4. The highest BCUT2D eigenvalue weighted by Crippen LogP contribution is 2.46. The molecule has 2 atom stereocenters. The smallest absolute Gasteiger partial charge is 0.301 e. The quantitative estimate of drug-likeness (QED) is 0.0460. The zero-order chi connectivity index (χ0) is 32.4. The third-order valence-electron chi connectivity index (χ3n) is 7.46. The van der Waals surface area contributed by atoms with Crippen molar-refractivity contribution in [2.45, 2.75) is 42.5 Å². The SMILES string of the molecule is C=CCOc1ccc([C@@H]2C(=C(O)c3ccc4c(c3)C[C@@H](C)O4)C(=O)C(=O)N2c2nnc(SCc3ccccc3F)s2)cc1OCC. The van der Waals surface area contributed by atoms with Crippen LogP contribution in [0.3, 0.4) is 0 Å². The fourth-order valence-corrected chi connectivity index (χ4v) is 7.27. The number of ether oxygens (including phenoxy) is 3. The molecule has 1 fully saturated rings. The van der Waals surface area contributed by atoms with Crippen LogP contribution in [0.4, 0.5) is 9.52 Å². The van der Waals surface area contributed by atoms with Gasteiger partial charge in [-0.3, -0.25) is 14.5 Å². The molecule has 0 spiro atoms. The van der Waals surface area contributed by atoms with Crippen LogP contribution in [0, 0.1) is 5.82 Å². The molecule has 3 aromatic carbocycles. The molecular weight excluding hydrogens is 630 g/mol. The van der Waals surface area contributed by atoms with Crippen LogP contribution in [-0.4, -0.2) is 46.3 Å². The van der Waals surface area contributed by atoms with Gasteiger partial charge in [-0.1, -0.05) is 60.0 Å². The number of amides is 1. The number of thioether (sulfide) groups is 1. The van der Waals surface area contributed by atoms with Crippen molar-refractivity contribution >= 4 is 45.7 Å². The number of ketones is 1. The summed E-state index contributed by atoms with van der Waals surface area (Å²) in [5.41, 5.74) is 2.17. The highest BCUT2D eigenvalue weighted by atomic mass is 32.2. The maximum absolute atomic E-state index is 14.2. The van der Waals surface area contributed by atoms with Crippen LogP contribution in [0.5, 0.6) is 17.2 Å². The van der Waals surface area contributed by atoms with E-state index in [0.717, 1.165) is 16.9 Å². The first kappa shape index (κ1) is 31.3. The fraction of sp³-hybridized carbons (Fsp3) is 0.235. The molecule has 0 bridgehead atoms. The number of carbonyl (C=O) groups is 2. The van der Waals surface area contributed by atoms with Crippen molar-refractivity contribution in [2.24, 2.45) is 0 Å². The molecule has 2 aliphatic heterocycles. The summed E-state index contributed by atoms with van der Waals surface area (Å²) < 4.78 is 32.1. The monoisotopic (exact) mass is 659 g/mol. The van der Waals surface area contributed by atoms with Gasteiger partial charge in [-0.05, 0) is 66.9 Å². The minimum absolute atomic E-state index is 0.0142. The van der Waals surface area contributed by atoms with Crippen molar-refractivity contribution in [1.82, 2.24) is 10.2 Å². The fourth-order valence-electron chi connectivity index (χ4n) is 5.41. The molecule has 0 aliphatic carbocycles. The number of aliphatic hydroxyl groups excluding tert-OH is 1. The van der Waals surface area contributed by atoms with Crippen LogP contribution < -0.4 is 19.1 Å². The number of benzene rings is 3. The van der Waals surface area contributed by atoms with Crippen LogP contribution >= 0.6 is 23.1 Å². The lowest BCUT2D eigenvalue weighted by Crippen LogP contribution is -2.29. The Balaban J connectivity index is 1.43. The molecule has 1 amide bonds. The number of nitrogens with zero attached hydrogens (tertiary/aromatic N) is 3. The van der Waals surface area contributed by atoms with Crippen molar-refractivity contribution in [2.75, 3.05) is 18.1 Å². The molecule has 0 saturated carbocycles. The van der Waals surface area contributed by atoms with Crippen molar-refractivity contribution in [3.05, 3.63) is 107 Å². The number of hydrogen-bond acceptors (Lipinski definition) is 10. The molecular formula is C34H30FN3O6S2. The molecule has 6 rings (SSSR count). The van der Waals surface area contributed by atoms with Crippen molar-refractivity contribution in [3.8, 4) is 17.2 Å². The molecule has 0 radical (unpaired) electrons. The highest BCUT2D eigenvalue weighted by Gasteiger charge is 2.48. The lowest BCUT2D eigenvalue weighted by atomic mass is 9.94. The van der Waals surface area contributed by atoms with E-state index >= 15 is 0 Å². The second-order valence-corrected chi connectivity index (χ2v) is 12.8. The van der Waals surface area contributed by atoms with Crippen molar-refractivity contribution in [3.63, 3.8) is 0 Å². The normalized spacial score (nSPS) is 18.4. The number of anilines is 1. The average Bonchev–Trinajstić information content (AvgIpc) is 3.74. The Morgan fingerprint density at radius 1 is 1.15 bits per heavy atom. The zero-order valence-corrected chi connectivity index (χ0v) is 26.7. The Hall–Kier alpha value is -4.68. The van der Waals surface area contributed by atoms with Gasteiger partial charge in [0.2, 0.25) is 5.13 Å².